The molecule has 3 unspecified atom stereocenters. The Morgan fingerprint density at radius 1 is 1.19 bits per heavy atom. The van der Waals surface area contributed by atoms with Gasteiger partial charge in [0, 0.05) is 17.5 Å². The van der Waals surface area contributed by atoms with E-state index in [1.54, 1.807) is 17.0 Å². The van der Waals surface area contributed by atoms with Crippen LogP contribution in [0.5, 0.6) is 0 Å². The Balaban J connectivity index is 1.58. The highest BCUT2D eigenvalue weighted by atomic mass is 32.2. The highest BCUT2D eigenvalue weighted by Gasteiger charge is 2.38. The van der Waals surface area contributed by atoms with E-state index in [2.05, 4.69) is 6.92 Å². The summed E-state index contributed by atoms with van der Waals surface area (Å²) in [6.45, 7) is 4.47. The van der Waals surface area contributed by atoms with E-state index in [0.29, 0.717) is 36.1 Å². The van der Waals surface area contributed by atoms with Crippen LogP contribution < -0.4 is 0 Å². The minimum absolute atomic E-state index is 0.0256. The maximum atomic E-state index is 13.2. The lowest BCUT2D eigenvalue weighted by Crippen LogP contribution is -2.40. The van der Waals surface area contributed by atoms with Crippen LogP contribution in [0.2, 0.25) is 0 Å². The molecule has 0 bridgehead atoms. The molecule has 1 aliphatic heterocycles. The van der Waals surface area contributed by atoms with Crippen molar-refractivity contribution in [2.45, 2.75) is 45.2 Å². The van der Waals surface area contributed by atoms with Gasteiger partial charge >= 0.3 is 0 Å². The normalized spacial score (nSPS) is 26.1. The summed E-state index contributed by atoms with van der Waals surface area (Å²) in [4.78, 5) is 14.8. The lowest BCUT2D eigenvalue weighted by Gasteiger charge is -2.27. The zero-order chi connectivity index (χ0) is 19.2. The minimum Gasteiger partial charge on any atom is -0.464 e. The van der Waals surface area contributed by atoms with Gasteiger partial charge in [-0.05, 0) is 49.9 Å². The zero-order valence-electron chi connectivity index (χ0n) is 15.7. The number of furan rings is 1. The summed E-state index contributed by atoms with van der Waals surface area (Å²) in [6, 6.07) is 11.0. The molecule has 1 aromatic carbocycles. The van der Waals surface area contributed by atoms with Crippen LogP contribution in [0.3, 0.4) is 0 Å². The molecule has 1 aromatic heterocycles. The topological polar surface area (TPSA) is 67.6 Å². The van der Waals surface area contributed by atoms with Gasteiger partial charge in [-0.3, -0.25) is 4.79 Å². The van der Waals surface area contributed by atoms with E-state index >= 15 is 0 Å². The van der Waals surface area contributed by atoms with E-state index in [1.807, 2.05) is 31.2 Å². The Kier molecular flexibility index (Phi) is 4.62. The molecule has 3 atom stereocenters. The number of benzene rings is 1. The number of hydrogen-bond donors (Lipinski definition) is 0. The SMILES string of the molecule is Cc1ccc(C(=O)N(Cc2ccc(C3CC3C)o2)C2CCS(=O)(=O)C2)cc1. The van der Waals surface area contributed by atoms with E-state index in [-0.39, 0.29) is 23.5 Å². The molecule has 6 heteroatoms. The fourth-order valence-corrected chi connectivity index (χ4v) is 5.55. The van der Waals surface area contributed by atoms with Crippen LogP contribution in [0.4, 0.5) is 0 Å². The summed E-state index contributed by atoms with van der Waals surface area (Å²) in [5, 5.41) is 0. The highest BCUT2D eigenvalue weighted by Crippen LogP contribution is 2.47. The molecular formula is C21H25NO4S. The molecule has 2 aliphatic rings. The van der Waals surface area contributed by atoms with Gasteiger partial charge in [-0.25, -0.2) is 8.42 Å². The smallest absolute Gasteiger partial charge is 0.254 e. The predicted octanol–water partition coefficient (Wildman–Crippen LogP) is 3.54. The van der Waals surface area contributed by atoms with Gasteiger partial charge in [0.25, 0.3) is 5.91 Å². The van der Waals surface area contributed by atoms with Crippen LogP contribution in [0.25, 0.3) is 0 Å². The van der Waals surface area contributed by atoms with E-state index in [1.165, 1.54) is 0 Å². The Morgan fingerprint density at radius 2 is 1.89 bits per heavy atom. The molecule has 1 saturated carbocycles. The molecule has 4 rings (SSSR count). The monoisotopic (exact) mass is 387 g/mol. The van der Waals surface area contributed by atoms with E-state index in [4.69, 9.17) is 4.42 Å². The van der Waals surface area contributed by atoms with Gasteiger partial charge in [0.2, 0.25) is 0 Å². The molecule has 2 heterocycles. The third kappa shape index (κ3) is 3.95. The van der Waals surface area contributed by atoms with Crippen molar-refractivity contribution in [3.05, 3.63) is 59.0 Å². The fourth-order valence-electron chi connectivity index (χ4n) is 3.82. The van der Waals surface area contributed by atoms with Crippen LogP contribution in [-0.2, 0) is 16.4 Å². The number of sulfone groups is 1. The van der Waals surface area contributed by atoms with Crippen molar-refractivity contribution >= 4 is 15.7 Å². The summed E-state index contributed by atoms with van der Waals surface area (Å²) >= 11 is 0. The molecular weight excluding hydrogens is 362 g/mol. The van der Waals surface area contributed by atoms with Gasteiger partial charge in [-0.1, -0.05) is 24.6 Å². The van der Waals surface area contributed by atoms with Crippen LogP contribution >= 0.6 is 0 Å². The largest absolute Gasteiger partial charge is 0.464 e. The summed E-state index contributed by atoms with van der Waals surface area (Å²) in [7, 11) is -3.09. The van der Waals surface area contributed by atoms with Crippen LogP contribution in [0.15, 0.2) is 40.8 Å². The second-order valence-electron chi connectivity index (χ2n) is 7.98. The predicted molar refractivity (Wildman–Crippen MR) is 103 cm³/mol. The van der Waals surface area contributed by atoms with Crippen molar-refractivity contribution < 1.29 is 17.6 Å². The van der Waals surface area contributed by atoms with Crippen molar-refractivity contribution in [3.8, 4) is 0 Å². The Hall–Kier alpha value is -2.08. The number of nitrogens with zero attached hydrogens (tertiary/aromatic N) is 1. The first-order chi connectivity index (χ1) is 12.8. The van der Waals surface area contributed by atoms with E-state index < -0.39 is 9.84 Å². The molecule has 1 amide bonds. The average Bonchev–Trinajstić information content (AvgIpc) is 3.03. The maximum Gasteiger partial charge on any atom is 0.254 e. The third-order valence-electron chi connectivity index (χ3n) is 5.69. The zero-order valence-corrected chi connectivity index (χ0v) is 16.5. The van der Waals surface area contributed by atoms with Gasteiger partial charge in [0.05, 0.1) is 18.1 Å². The minimum atomic E-state index is -3.09. The summed E-state index contributed by atoms with van der Waals surface area (Å²) in [5.41, 5.74) is 1.66. The van der Waals surface area contributed by atoms with Crippen molar-refractivity contribution in [3.63, 3.8) is 0 Å². The van der Waals surface area contributed by atoms with Crippen molar-refractivity contribution in [1.29, 1.82) is 0 Å². The molecule has 2 fully saturated rings. The maximum absolute atomic E-state index is 13.2. The van der Waals surface area contributed by atoms with Crippen LogP contribution in [-0.4, -0.2) is 36.8 Å². The highest BCUT2D eigenvalue weighted by molar-refractivity contribution is 7.91. The number of carbonyl (C=O) groups is 1. The fraction of sp³-hybridized carbons (Fsp3) is 0.476. The summed E-state index contributed by atoms with van der Waals surface area (Å²) in [5.74, 6) is 2.83. The second-order valence-corrected chi connectivity index (χ2v) is 10.2. The lowest BCUT2D eigenvalue weighted by atomic mass is 10.1. The molecule has 1 saturated heterocycles. The standard InChI is InChI=1S/C21H25NO4S/c1-14-3-5-16(6-4-14)21(23)22(17-9-10-27(24,25)13-17)12-18-7-8-20(26-18)19-11-15(19)2/h3-8,15,17,19H,9-13H2,1-2H3. The van der Waals surface area contributed by atoms with Crippen LogP contribution in [0, 0.1) is 12.8 Å². The van der Waals surface area contributed by atoms with Gasteiger partial charge in [0.15, 0.2) is 9.84 Å². The third-order valence-corrected chi connectivity index (χ3v) is 7.44. The first kappa shape index (κ1) is 18.3. The van der Waals surface area contributed by atoms with Crippen molar-refractivity contribution in [2.24, 2.45) is 5.92 Å². The molecule has 5 nitrogen and oxygen atoms in total. The molecule has 1 aliphatic carbocycles. The molecule has 27 heavy (non-hydrogen) atoms. The van der Waals surface area contributed by atoms with E-state index in [9.17, 15) is 13.2 Å². The molecule has 144 valence electrons. The Labute approximate surface area is 160 Å². The van der Waals surface area contributed by atoms with Gasteiger partial charge in [-0.2, -0.15) is 0 Å². The van der Waals surface area contributed by atoms with Gasteiger partial charge in [-0.15, -0.1) is 0 Å². The van der Waals surface area contributed by atoms with Crippen molar-refractivity contribution in [1.82, 2.24) is 4.90 Å². The van der Waals surface area contributed by atoms with Crippen molar-refractivity contribution in [2.75, 3.05) is 11.5 Å². The number of hydrogen-bond acceptors (Lipinski definition) is 4. The van der Waals surface area contributed by atoms with Gasteiger partial charge in [0.1, 0.15) is 11.5 Å². The van der Waals surface area contributed by atoms with Crippen LogP contribution in [0.1, 0.15) is 53.1 Å². The number of aryl methyl sites for hydroxylation is 1. The summed E-state index contributed by atoms with van der Waals surface area (Å²) in [6.07, 6.45) is 1.62. The summed E-state index contributed by atoms with van der Waals surface area (Å²) < 4.78 is 29.9. The quantitative estimate of drug-likeness (QED) is 0.787. The first-order valence-corrected chi connectivity index (χ1v) is 11.3. The first-order valence-electron chi connectivity index (χ1n) is 9.49. The molecule has 0 N–H and O–H groups in total. The number of carbonyl (C=O) groups excluding carboxylic acids is 1. The molecule has 2 aromatic rings. The van der Waals surface area contributed by atoms with Gasteiger partial charge < -0.3 is 9.32 Å². The number of rotatable bonds is 5. The molecule has 0 radical (unpaired) electrons. The average molecular weight is 388 g/mol. The number of amides is 1. The lowest BCUT2D eigenvalue weighted by molar-refractivity contribution is 0.0665. The van der Waals surface area contributed by atoms with E-state index in [0.717, 1.165) is 17.7 Å². The Bertz CT molecular complexity index is 945. The Morgan fingerprint density at radius 3 is 2.48 bits per heavy atom. The second kappa shape index (κ2) is 6.82. The molecule has 0 spiro atoms.